The molecule has 11 heteroatoms. The molecule has 1 aromatic carbocycles. The Bertz CT molecular complexity index is 1030. The van der Waals surface area contributed by atoms with E-state index in [1.807, 2.05) is 0 Å². The molecule has 1 aliphatic rings. The van der Waals surface area contributed by atoms with Crippen LogP contribution in [0.3, 0.4) is 0 Å². The molecule has 2 heterocycles. The molecule has 0 aliphatic carbocycles. The molecule has 0 atom stereocenters. The van der Waals surface area contributed by atoms with E-state index in [1.54, 1.807) is 32.2 Å². The molecule has 1 amide bonds. The number of hydrogen-bond donors (Lipinski definition) is 1. The Morgan fingerprint density at radius 2 is 1.87 bits per heavy atom. The van der Waals surface area contributed by atoms with Crippen LogP contribution in [0.1, 0.15) is 17.7 Å². The van der Waals surface area contributed by atoms with Gasteiger partial charge < -0.3 is 14.8 Å². The van der Waals surface area contributed by atoms with Crippen molar-refractivity contribution in [2.45, 2.75) is 24.7 Å². The van der Waals surface area contributed by atoms with Gasteiger partial charge in [0, 0.05) is 32.6 Å². The van der Waals surface area contributed by atoms with E-state index in [-0.39, 0.29) is 17.9 Å². The van der Waals surface area contributed by atoms with Crippen molar-refractivity contribution in [3.05, 3.63) is 41.6 Å². The summed E-state index contributed by atoms with van der Waals surface area (Å²) < 4.78 is 38.4. The standard InChI is InChI=1S/C20H26N4O6S/c1-15-13-18(23(2)22-15)21-19(25)14-30-20(26)8-5-16-3-6-17(7-4-16)31(27,28)24-9-11-29-12-10-24/h3-4,6-7,13H,5,8-12,14H2,1-2H3,(H,21,25). The largest absolute Gasteiger partial charge is 0.456 e. The first kappa shape index (κ1) is 22.9. The lowest BCUT2D eigenvalue weighted by molar-refractivity contribution is -0.147. The summed E-state index contributed by atoms with van der Waals surface area (Å²) in [5.74, 6) is -0.443. The molecule has 0 saturated carbocycles. The van der Waals surface area contributed by atoms with Gasteiger partial charge in [-0.15, -0.1) is 0 Å². The zero-order valence-corrected chi connectivity index (χ0v) is 18.4. The third-order valence-electron chi connectivity index (χ3n) is 4.78. The summed E-state index contributed by atoms with van der Waals surface area (Å²) in [4.78, 5) is 24.1. The number of esters is 1. The number of hydrogen-bond acceptors (Lipinski definition) is 7. The highest BCUT2D eigenvalue weighted by Gasteiger charge is 2.26. The predicted octanol–water partition coefficient (Wildman–Crippen LogP) is 0.864. The van der Waals surface area contributed by atoms with Crippen LogP contribution in [-0.4, -0.2) is 67.3 Å². The van der Waals surface area contributed by atoms with Gasteiger partial charge in [0.1, 0.15) is 5.82 Å². The van der Waals surface area contributed by atoms with Crippen molar-refractivity contribution in [3.8, 4) is 0 Å². The Hall–Kier alpha value is -2.76. The van der Waals surface area contributed by atoms with Crippen LogP contribution >= 0.6 is 0 Å². The van der Waals surface area contributed by atoms with Crippen molar-refractivity contribution in [1.29, 1.82) is 0 Å². The number of benzene rings is 1. The third-order valence-corrected chi connectivity index (χ3v) is 6.70. The Morgan fingerprint density at radius 3 is 2.48 bits per heavy atom. The second-order valence-electron chi connectivity index (χ2n) is 7.16. The monoisotopic (exact) mass is 450 g/mol. The van der Waals surface area contributed by atoms with Crippen LogP contribution in [0.4, 0.5) is 5.82 Å². The minimum absolute atomic E-state index is 0.0770. The van der Waals surface area contributed by atoms with Crippen molar-refractivity contribution in [2.75, 3.05) is 38.2 Å². The number of morpholine rings is 1. The van der Waals surface area contributed by atoms with Crippen LogP contribution in [-0.2, 0) is 42.6 Å². The van der Waals surface area contributed by atoms with E-state index in [0.29, 0.717) is 38.5 Å². The second-order valence-corrected chi connectivity index (χ2v) is 9.10. The Balaban J connectivity index is 1.44. The van der Waals surface area contributed by atoms with Crippen LogP contribution in [0.2, 0.25) is 0 Å². The Morgan fingerprint density at radius 1 is 1.19 bits per heavy atom. The molecular weight excluding hydrogens is 424 g/mol. The lowest BCUT2D eigenvalue weighted by atomic mass is 10.1. The first-order chi connectivity index (χ1) is 14.8. The van der Waals surface area contributed by atoms with Gasteiger partial charge in [0.2, 0.25) is 10.0 Å². The molecule has 0 radical (unpaired) electrons. The summed E-state index contributed by atoms with van der Waals surface area (Å²) in [6.45, 7) is 2.87. The second kappa shape index (κ2) is 10.0. The molecule has 10 nitrogen and oxygen atoms in total. The van der Waals surface area contributed by atoms with E-state index in [2.05, 4.69) is 10.4 Å². The average Bonchev–Trinajstić information content (AvgIpc) is 3.08. The minimum Gasteiger partial charge on any atom is -0.456 e. The number of carbonyl (C=O) groups excluding carboxylic acids is 2. The lowest BCUT2D eigenvalue weighted by Crippen LogP contribution is -2.40. The number of amides is 1. The lowest BCUT2D eigenvalue weighted by Gasteiger charge is -2.26. The van der Waals surface area contributed by atoms with Gasteiger partial charge in [0.15, 0.2) is 6.61 Å². The smallest absolute Gasteiger partial charge is 0.306 e. The molecule has 1 aromatic heterocycles. The summed E-state index contributed by atoms with van der Waals surface area (Å²) in [5, 5.41) is 6.74. The summed E-state index contributed by atoms with van der Waals surface area (Å²) in [6, 6.07) is 8.14. The van der Waals surface area contributed by atoms with Crippen molar-refractivity contribution in [2.24, 2.45) is 7.05 Å². The number of sulfonamides is 1. The molecule has 1 saturated heterocycles. The number of nitrogens with zero attached hydrogens (tertiary/aromatic N) is 3. The maximum absolute atomic E-state index is 12.6. The van der Waals surface area contributed by atoms with Gasteiger partial charge in [-0.1, -0.05) is 12.1 Å². The first-order valence-corrected chi connectivity index (χ1v) is 11.3. The normalized spacial score (nSPS) is 14.9. The molecular formula is C20H26N4O6S. The van der Waals surface area contributed by atoms with E-state index in [1.165, 1.54) is 21.1 Å². The molecule has 31 heavy (non-hydrogen) atoms. The number of anilines is 1. The molecule has 1 N–H and O–H groups in total. The maximum Gasteiger partial charge on any atom is 0.306 e. The number of aromatic nitrogens is 2. The number of carbonyl (C=O) groups is 2. The Kier molecular flexibility index (Phi) is 7.42. The van der Waals surface area contributed by atoms with Crippen LogP contribution < -0.4 is 5.32 Å². The molecule has 1 fully saturated rings. The van der Waals surface area contributed by atoms with E-state index >= 15 is 0 Å². The van der Waals surface area contributed by atoms with Crippen molar-refractivity contribution >= 4 is 27.7 Å². The fourth-order valence-electron chi connectivity index (χ4n) is 3.14. The van der Waals surface area contributed by atoms with E-state index in [9.17, 15) is 18.0 Å². The van der Waals surface area contributed by atoms with Crippen LogP contribution in [0.5, 0.6) is 0 Å². The number of nitrogens with one attached hydrogen (secondary N) is 1. The third kappa shape index (κ3) is 6.12. The predicted molar refractivity (Wildman–Crippen MR) is 112 cm³/mol. The van der Waals surface area contributed by atoms with Crippen molar-refractivity contribution < 1.29 is 27.5 Å². The highest BCUT2D eigenvalue weighted by molar-refractivity contribution is 7.89. The highest BCUT2D eigenvalue weighted by atomic mass is 32.2. The zero-order valence-electron chi connectivity index (χ0n) is 17.5. The molecule has 0 spiro atoms. The van der Waals surface area contributed by atoms with Gasteiger partial charge in [-0.25, -0.2) is 8.42 Å². The zero-order chi connectivity index (χ0) is 22.4. The highest BCUT2D eigenvalue weighted by Crippen LogP contribution is 2.18. The van der Waals surface area contributed by atoms with Gasteiger partial charge in [0.05, 0.1) is 23.8 Å². The average molecular weight is 451 g/mol. The van der Waals surface area contributed by atoms with Gasteiger partial charge in [-0.3, -0.25) is 14.3 Å². The van der Waals surface area contributed by atoms with Gasteiger partial charge in [-0.2, -0.15) is 9.40 Å². The SMILES string of the molecule is Cc1cc(NC(=O)COC(=O)CCc2ccc(S(=O)(=O)N3CCOCC3)cc2)n(C)n1. The first-order valence-electron chi connectivity index (χ1n) is 9.88. The van der Waals surface area contributed by atoms with Crippen molar-refractivity contribution in [1.82, 2.24) is 14.1 Å². The summed E-state index contributed by atoms with van der Waals surface area (Å²) in [7, 11) is -1.84. The van der Waals surface area contributed by atoms with Crippen molar-refractivity contribution in [3.63, 3.8) is 0 Å². The van der Waals surface area contributed by atoms with Crippen LogP contribution in [0, 0.1) is 6.92 Å². The summed E-state index contributed by atoms with van der Waals surface area (Å²) in [6.07, 6.45) is 0.451. The number of rotatable bonds is 8. The molecule has 1 aliphatic heterocycles. The molecule has 2 aromatic rings. The van der Waals surface area contributed by atoms with Crippen LogP contribution in [0.25, 0.3) is 0 Å². The van der Waals surface area contributed by atoms with E-state index in [4.69, 9.17) is 9.47 Å². The summed E-state index contributed by atoms with van der Waals surface area (Å²) >= 11 is 0. The fourth-order valence-corrected chi connectivity index (χ4v) is 4.54. The molecule has 168 valence electrons. The fraction of sp³-hybridized carbons (Fsp3) is 0.450. The van der Waals surface area contributed by atoms with E-state index in [0.717, 1.165) is 11.3 Å². The van der Waals surface area contributed by atoms with Crippen LogP contribution in [0.15, 0.2) is 35.2 Å². The topological polar surface area (TPSA) is 120 Å². The Labute approximate surface area is 181 Å². The number of aryl methyl sites for hydroxylation is 3. The minimum atomic E-state index is -3.54. The number of ether oxygens (including phenoxy) is 2. The molecule has 3 rings (SSSR count). The van der Waals surface area contributed by atoms with Gasteiger partial charge in [-0.05, 0) is 31.0 Å². The van der Waals surface area contributed by atoms with Gasteiger partial charge >= 0.3 is 5.97 Å². The van der Waals surface area contributed by atoms with E-state index < -0.39 is 21.9 Å². The summed E-state index contributed by atoms with van der Waals surface area (Å²) in [5.41, 5.74) is 1.56. The maximum atomic E-state index is 12.6. The van der Waals surface area contributed by atoms with Gasteiger partial charge in [0.25, 0.3) is 5.91 Å². The molecule has 0 unspecified atom stereocenters. The quantitative estimate of drug-likeness (QED) is 0.593. The molecule has 0 bridgehead atoms.